The van der Waals surface area contributed by atoms with Crippen molar-refractivity contribution in [2.24, 2.45) is 0 Å². The van der Waals surface area contributed by atoms with Gasteiger partial charge in [0.1, 0.15) is 11.9 Å². The highest BCUT2D eigenvalue weighted by Crippen LogP contribution is 2.39. The number of nitrogens with one attached hydrogen (secondary N) is 1. The van der Waals surface area contributed by atoms with E-state index >= 15 is 0 Å². The Balaban J connectivity index is 1.95. The van der Waals surface area contributed by atoms with Gasteiger partial charge in [0.2, 0.25) is 0 Å². The molecule has 0 unspecified atom stereocenters. The maximum atomic E-state index is 13.5. The van der Waals surface area contributed by atoms with Crippen LogP contribution in [0.1, 0.15) is 17.5 Å². The lowest BCUT2D eigenvalue weighted by molar-refractivity contribution is -0.139. The molecule has 0 aliphatic carbocycles. The molecule has 1 saturated heterocycles. The van der Waals surface area contributed by atoms with Crippen LogP contribution >= 0.6 is 0 Å². The van der Waals surface area contributed by atoms with Crippen molar-refractivity contribution in [3.05, 3.63) is 41.5 Å². The Labute approximate surface area is 185 Å². The number of hydrogen-bond acceptors (Lipinski definition) is 6. The predicted octanol–water partition coefficient (Wildman–Crippen LogP) is 3.91. The number of rotatable bonds is 7. The topological polar surface area (TPSA) is 77.1 Å². The van der Waals surface area contributed by atoms with E-state index in [9.17, 15) is 21.6 Å². The Morgan fingerprint density at radius 2 is 1.72 bits per heavy atom. The molecular formula is C21H25F3N2O5S. The first-order valence-electron chi connectivity index (χ1n) is 9.76. The summed E-state index contributed by atoms with van der Waals surface area (Å²) >= 11 is 0. The molecule has 1 heterocycles. The normalized spacial score (nSPS) is 17.3. The number of likely N-dealkylation sites (tertiary alicyclic amines) is 1. The third kappa shape index (κ3) is 5.21. The summed E-state index contributed by atoms with van der Waals surface area (Å²) in [5.74, 6) is 0.151. The number of halogens is 3. The van der Waals surface area contributed by atoms with Crippen molar-refractivity contribution in [1.29, 1.82) is 0 Å². The lowest BCUT2D eigenvalue weighted by Crippen LogP contribution is -2.23. The van der Waals surface area contributed by atoms with Crippen LogP contribution < -0.4 is 18.9 Å². The van der Waals surface area contributed by atoms with Crippen LogP contribution in [-0.4, -0.2) is 53.8 Å². The molecule has 0 radical (unpaired) electrons. The third-order valence-corrected chi connectivity index (χ3v) is 6.67. The number of alkyl halides is 3. The zero-order valence-corrected chi connectivity index (χ0v) is 18.9. The molecule has 3 rings (SSSR count). The summed E-state index contributed by atoms with van der Waals surface area (Å²) in [5.41, 5.74) is -0.627. The van der Waals surface area contributed by atoms with Crippen LogP contribution in [0.25, 0.3) is 0 Å². The molecule has 176 valence electrons. The summed E-state index contributed by atoms with van der Waals surface area (Å²) in [6.07, 6.45) is -4.48. The van der Waals surface area contributed by atoms with E-state index in [4.69, 9.17) is 14.2 Å². The molecule has 0 spiro atoms. The summed E-state index contributed by atoms with van der Waals surface area (Å²) in [5, 5.41) is 0. The van der Waals surface area contributed by atoms with Crippen molar-refractivity contribution in [3.8, 4) is 17.2 Å². The molecule has 32 heavy (non-hydrogen) atoms. The van der Waals surface area contributed by atoms with Crippen LogP contribution in [0.5, 0.6) is 17.2 Å². The first-order chi connectivity index (χ1) is 14.9. The van der Waals surface area contributed by atoms with Crippen LogP contribution in [0.3, 0.4) is 0 Å². The number of benzene rings is 2. The number of hydrogen-bond donors (Lipinski definition) is 1. The summed E-state index contributed by atoms with van der Waals surface area (Å²) in [6.45, 7) is 2.77. The highest BCUT2D eigenvalue weighted by Gasteiger charge is 2.36. The van der Waals surface area contributed by atoms with Crippen LogP contribution in [0.15, 0.2) is 35.2 Å². The molecule has 2 aromatic carbocycles. The van der Waals surface area contributed by atoms with Crippen molar-refractivity contribution in [3.63, 3.8) is 0 Å². The maximum Gasteiger partial charge on any atom is 0.419 e. The number of nitrogens with zero attached hydrogens (tertiary/aromatic N) is 1. The third-order valence-electron chi connectivity index (χ3n) is 5.15. The summed E-state index contributed by atoms with van der Waals surface area (Å²) in [4.78, 5) is 1.86. The van der Waals surface area contributed by atoms with E-state index in [2.05, 4.69) is 4.72 Å². The molecule has 1 N–H and O–H groups in total. The fraction of sp³-hybridized carbons (Fsp3) is 0.429. The highest BCUT2D eigenvalue weighted by molar-refractivity contribution is 7.92. The number of anilines is 1. The van der Waals surface area contributed by atoms with E-state index in [-0.39, 0.29) is 16.3 Å². The van der Waals surface area contributed by atoms with Gasteiger partial charge in [-0.15, -0.1) is 0 Å². The van der Waals surface area contributed by atoms with Gasteiger partial charge in [0, 0.05) is 25.2 Å². The molecule has 1 aliphatic heterocycles. The molecule has 1 fully saturated rings. The van der Waals surface area contributed by atoms with Crippen LogP contribution in [0.4, 0.5) is 18.9 Å². The van der Waals surface area contributed by atoms with Crippen molar-refractivity contribution in [2.75, 3.05) is 39.1 Å². The van der Waals surface area contributed by atoms with Gasteiger partial charge >= 0.3 is 6.18 Å². The zero-order chi connectivity index (χ0) is 23.7. The van der Waals surface area contributed by atoms with E-state index in [0.717, 1.165) is 18.2 Å². The fourth-order valence-corrected chi connectivity index (χ4v) is 4.84. The number of aryl methyl sites for hydroxylation is 1. The molecule has 0 amide bonds. The van der Waals surface area contributed by atoms with Gasteiger partial charge in [0.05, 0.1) is 30.4 Å². The molecule has 2 aromatic rings. The molecule has 11 heteroatoms. The molecule has 7 nitrogen and oxygen atoms in total. The smallest absolute Gasteiger partial charge is 0.419 e. The Hall–Kier alpha value is -2.66. The predicted molar refractivity (Wildman–Crippen MR) is 113 cm³/mol. The number of methoxy groups -OCH3 is 2. The van der Waals surface area contributed by atoms with Crippen LogP contribution in [0.2, 0.25) is 0 Å². The average Bonchev–Trinajstić information content (AvgIpc) is 3.11. The Kier molecular flexibility index (Phi) is 6.80. The first-order valence-corrected chi connectivity index (χ1v) is 11.2. The maximum absolute atomic E-state index is 13.5. The van der Waals surface area contributed by atoms with Gasteiger partial charge in [-0.3, -0.25) is 4.72 Å². The summed E-state index contributed by atoms with van der Waals surface area (Å²) < 4.78 is 84.7. The minimum Gasteiger partial charge on any atom is -0.493 e. The van der Waals surface area contributed by atoms with Gasteiger partial charge < -0.3 is 19.1 Å². The van der Waals surface area contributed by atoms with E-state index in [1.807, 2.05) is 11.9 Å². The van der Waals surface area contributed by atoms with Gasteiger partial charge in [-0.1, -0.05) is 0 Å². The van der Waals surface area contributed by atoms with E-state index in [1.54, 1.807) is 6.92 Å². The minimum absolute atomic E-state index is 0.0477. The SMILES string of the molecule is COc1cc(C)c(S(=O)(=O)Nc2ccc(C(F)(F)F)c(O[C@H]3CCN(C)C3)c2)cc1OC. The van der Waals surface area contributed by atoms with Gasteiger partial charge in [-0.2, -0.15) is 13.2 Å². The van der Waals surface area contributed by atoms with Crippen molar-refractivity contribution in [2.45, 2.75) is 30.5 Å². The number of ether oxygens (including phenoxy) is 3. The lowest BCUT2D eigenvalue weighted by atomic mass is 10.1. The second-order valence-corrected chi connectivity index (χ2v) is 9.23. The second-order valence-electron chi connectivity index (χ2n) is 7.58. The Morgan fingerprint density at radius 3 is 2.28 bits per heavy atom. The van der Waals surface area contributed by atoms with Crippen LogP contribution in [-0.2, 0) is 16.2 Å². The van der Waals surface area contributed by atoms with E-state index < -0.39 is 33.6 Å². The van der Waals surface area contributed by atoms with Crippen molar-refractivity contribution < 1.29 is 35.8 Å². The lowest BCUT2D eigenvalue weighted by Gasteiger charge is -2.20. The van der Waals surface area contributed by atoms with Gasteiger partial charge in [0.15, 0.2) is 11.5 Å². The highest BCUT2D eigenvalue weighted by atomic mass is 32.2. The van der Waals surface area contributed by atoms with Crippen molar-refractivity contribution in [1.82, 2.24) is 4.90 Å². The standard InChI is InChI=1S/C21H25F3N2O5S/c1-13-9-18(29-3)19(30-4)11-20(13)32(27,28)25-14-5-6-16(21(22,23)24)17(10-14)31-15-7-8-26(2)12-15/h5-6,9-11,15,25H,7-8,12H2,1-4H3/t15-/m0/s1. The van der Waals surface area contributed by atoms with Gasteiger partial charge in [-0.05, 0) is 44.2 Å². The first kappa shape index (κ1) is 24.0. The molecule has 0 saturated carbocycles. The molecule has 1 aliphatic rings. The van der Waals surface area contributed by atoms with Gasteiger partial charge in [0.25, 0.3) is 10.0 Å². The second kappa shape index (κ2) is 9.07. The molecule has 1 atom stereocenters. The average molecular weight is 475 g/mol. The summed E-state index contributed by atoms with van der Waals surface area (Å²) in [6, 6.07) is 5.74. The van der Waals surface area contributed by atoms with E-state index in [1.165, 1.54) is 26.4 Å². The van der Waals surface area contributed by atoms with Crippen LogP contribution in [0, 0.1) is 6.92 Å². The Morgan fingerprint density at radius 1 is 1.06 bits per heavy atom. The molecule has 0 aromatic heterocycles. The quantitative estimate of drug-likeness (QED) is 0.656. The van der Waals surface area contributed by atoms with Crippen molar-refractivity contribution >= 4 is 15.7 Å². The number of likely N-dealkylation sites (N-methyl/N-ethyl adjacent to an activating group) is 1. The number of sulfonamides is 1. The fourth-order valence-electron chi connectivity index (χ4n) is 3.55. The zero-order valence-electron chi connectivity index (χ0n) is 18.1. The molecular weight excluding hydrogens is 449 g/mol. The molecule has 0 bridgehead atoms. The monoisotopic (exact) mass is 474 g/mol. The minimum atomic E-state index is -4.64. The Bertz CT molecular complexity index is 1090. The van der Waals surface area contributed by atoms with E-state index in [0.29, 0.717) is 30.8 Å². The largest absolute Gasteiger partial charge is 0.493 e. The van der Waals surface area contributed by atoms with Gasteiger partial charge in [-0.25, -0.2) is 8.42 Å². The summed E-state index contributed by atoms with van der Waals surface area (Å²) in [7, 11) is 0.516.